The standard InChI is InChI=1S/C21H19N3O5/c25-8-7-22-20(26)13-1-3-16-14(9-13)23-21(27)17-5-4-15(24(16)17)12-2-6-18-19(10-12)29-11-28-18/h1-6,9-10,15,17,25H,7-8,11H2,(H,22,26)(H,23,27). The fraction of sp³-hybridized carbons (Fsp3) is 0.238. The van der Waals surface area contributed by atoms with Gasteiger partial charge in [0.2, 0.25) is 6.79 Å². The molecule has 0 radical (unpaired) electrons. The number of hydrogen-bond acceptors (Lipinski definition) is 6. The fourth-order valence-corrected chi connectivity index (χ4v) is 3.93. The van der Waals surface area contributed by atoms with Crippen molar-refractivity contribution in [2.45, 2.75) is 12.1 Å². The number of aliphatic hydroxyl groups is 1. The summed E-state index contributed by atoms with van der Waals surface area (Å²) in [7, 11) is 0. The molecule has 0 aliphatic carbocycles. The van der Waals surface area contributed by atoms with E-state index in [1.54, 1.807) is 12.1 Å². The number of carbonyl (C=O) groups excluding carboxylic acids is 2. The molecule has 8 heteroatoms. The van der Waals surface area contributed by atoms with Gasteiger partial charge >= 0.3 is 0 Å². The first-order valence-electron chi connectivity index (χ1n) is 9.36. The third-order valence-corrected chi connectivity index (χ3v) is 5.27. The van der Waals surface area contributed by atoms with E-state index < -0.39 is 6.04 Å². The molecule has 5 rings (SSSR count). The van der Waals surface area contributed by atoms with Crippen molar-refractivity contribution < 1.29 is 24.2 Å². The van der Waals surface area contributed by atoms with E-state index >= 15 is 0 Å². The van der Waals surface area contributed by atoms with Crippen LogP contribution >= 0.6 is 0 Å². The third-order valence-electron chi connectivity index (χ3n) is 5.27. The lowest BCUT2D eigenvalue weighted by Crippen LogP contribution is -2.45. The Morgan fingerprint density at radius 3 is 2.83 bits per heavy atom. The van der Waals surface area contributed by atoms with Gasteiger partial charge in [-0.15, -0.1) is 0 Å². The second kappa shape index (κ2) is 6.82. The number of nitrogens with zero attached hydrogens (tertiary/aromatic N) is 1. The molecule has 2 atom stereocenters. The number of ether oxygens (including phenoxy) is 2. The van der Waals surface area contributed by atoms with E-state index in [-0.39, 0.29) is 37.8 Å². The van der Waals surface area contributed by atoms with Crippen LogP contribution in [0.2, 0.25) is 0 Å². The molecule has 3 aliphatic heterocycles. The topological polar surface area (TPSA) is 100 Å². The van der Waals surface area contributed by atoms with Crippen molar-refractivity contribution in [3.63, 3.8) is 0 Å². The van der Waals surface area contributed by atoms with Crippen LogP contribution in [0.5, 0.6) is 11.5 Å². The molecule has 0 saturated heterocycles. The second-order valence-electron chi connectivity index (χ2n) is 7.00. The highest BCUT2D eigenvalue weighted by Crippen LogP contribution is 2.44. The molecule has 2 aromatic rings. The van der Waals surface area contributed by atoms with Crippen LogP contribution in [0.25, 0.3) is 0 Å². The van der Waals surface area contributed by atoms with Crippen LogP contribution in [-0.4, -0.2) is 42.9 Å². The van der Waals surface area contributed by atoms with Crippen molar-refractivity contribution in [2.24, 2.45) is 0 Å². The summed E-state index contributed by atoms with van der Waals surface area (Å²) in [6, 6.07) is 10.4. The van der Waals surface area contributed by atoms with Crippen LogP contribution in [0.15, 0.2) is 48.6 Å². The molecule has 0 aromatic heterocycles. The van der Waals surface area contributed by atoms with Crippen molar-refractivity contribution in [3.05, 3.63) is 59.7 Å². The summed E-state index contributed by atoms with van der Waals surface area (Å²) in [6.07, 6.45) is 3.88. The SMILES string of the molecule is O=C(NCCO)c1ccc2c(c1)NC(=O)C1C=CC(c3ccc4c(c3)OCO4)N21. The van der Waals surface area contributed by atoms with E-state index in [0.717, 1.165) is 11.3 Å². The monoisotopic (exact) mass is 393 g/mol. The average molecular weight is 393 g/mol. The van der Waals surface area contributed by atoms with Gasteiger partial charge in [-0.3, -0.25) is 9.59 Å². The van der Waals surface area contributed by atoms with Crippen molar-refractivity contribution in [3.8, 4) is 11.5 Å². The number of rotatable bonds is 4. The molecule has 0 bridgehead atoms. The zero-order chi connectivity index (χ0) is 20.0. The minimum absolute atomic E-state index is 0.133. The van der Waals surface area contributed by atoms with E-state index in [1.807, 2.05) is 41.3 Å². The minimum Gasteiger partial charge on any atom is -0.454 e. The number of anilines is 2. The molecule has 0 fully saturated rings. The number of amides is 2. The maximum Gasteiger partial charge on any atom is 0.251 e. The minimum atomic E-state index is -0.424. The summed E-state index contributed by atoms with van der Waals surface area (Å²) in [5.74, 6) is 0.953. The van der Waals surface area contributed by atoms with Crippen LogP contribution in [0.1, 0.15) is 22.0 Å². The van der Waals surface area contributed by atoms with Crippen LogP contribution < -0.4 is 25.0 Å². The molecule has 3 N–H and O–H groups in total. The van der Waals surface area contributed by atoms with Gasteiger partial charge in [0.1, 0.15) is 6.04 Å². The maximum absolute atomic E-state index is 12.7. The van der Waals surface area contributed by atoms with Gasteiger partial charge in [-0.05, 0) is 35.9 Å². The summed E-state index contributed by atoms with van der Waals surface area (Å²) in [5, 5.41) is 14.4. The van der Waals surface area contributed by atoms with Gasteiger partial charge in [0.25, 0.3) is 11.8 Å². The molecule has 0 spiro atoms. The lowest BCUT2D eigenvalue weighted by Gasteiger charge is -2.37. The Balaban J connectivity index is 1.50. The molecule has 148 valence electrons. The highest BCUT2D eigenvalue weighted by atomic mass is 16.7. The second-order valence-corrected chi connectivity index (χ2v) is 7.00. The molecule has 3 heterocycles. The van der Waals surface area contributed by atoms with Crippen LogP contribution in [0, 0.1) is 0 Å². The zero-order valence-electron chi connectivity index (χ0n) is 15.4. The van der Waals surface area contributed by atoms with Gasteiger partial charge in [-0.1, -0.05) is 18.2 Å². The number of benzene rings is 2. The summed E-state index contributed by atoms with van der Waals surface area (Å²) in [5.41, 5.74) is 2.82. The average Bonchev–Trinajstić information content (AvgIpc) is 3.38. The third kappa shape index (κ3) is 2.89. The molecule has 8 nitrogen and oxygen atoms in total. The van der Waals surface area contributed by atoms with Crippen molar-refractivity contribution >= 4 is 23.2 Å². The van der Waals surface area contributed by atoms with Crippen LogP contribution in [0.4, 0.5) is 11.4 Å². The predicted molar refractivity (Wildman–Crippen MR) is 105 cm³/mol. The van der Waals surface area contributed by atoms with Gasteiger partial charge in [-0.25, -0.2) is 0 Å². The largest absolute Gasteiger partial charge is 0.454 e. The van der Waals surface area contributed by atoms with Crippen molar-refractivity contribution in [2.75, 3.05) is 30.2 Å². The van der Waals surface area contributed by atoms with Gasteiger partial charge < -0.3 is 30.1 Å². The number of fused-ring (bicyclic) bond motifs is 4. The molecular weight excluding hydrogens is 374 g/mol. The molecule has 2 aromatic carbocycles. The van der Waals surface area contributed by atoms with Gasteiger partial charge in [0, 0.05) is 12.1 Å². The summed E-state index contributed by atoms with van der Waals surface area (Å²) >= 11 is 0. The zero-order valence-corrected chi connectivity index (χ0v) is 15.4. The Bertz CT molecular complexity index is 1030. The highest BCUT2D eigenvalue weighted by molar-refractivity contribution is 6.07. The van der Waals surface area contributed by atoms with Crippen LogP contribution in [0.3, 0.4) is 0 Å². The van der Waals surface area contributed by atoms with E-state index in [1.165, 1.54) is 0 Å². The van der Waals surface area contributed by atoms with E-state index in [0.29, 0.717) is 22.7 Å². The molecular formula is C21H19N3O5. The van der Waals surface area contributed by atoms with E-state index in [2.05, 4.69) is 10.6 Å². The fourth-order valence-electron chi connectivity index (χ4n) is 3.93. The predicted octanol–water partition coefficient (Wildman–Crippen LogP) is 1.58. The lowest BCUT2D eigenvalue weighted by atomic mass is 10.0. The van der Waals surface area contributed by atoms with Gasteiger partial charge in [-0.2, -0.15) is 0 Å². The smallest absolute Gasteiger partial charge is 0.251 e. The first-order chi connectivity index (χ1) is 14.2. The van der Waals surface area contributed by atoms with E-state index in [4.69, 9.17) is 14.6 Å². The first-order valence-corrected chi connectivity index (χ1v) is 9.36. The quantitative estimate of drug-likeness (QED) is 0.682. The highest BCUT2D eigenvalue weighted by Gasteiger charge is 2.39. The Morgan fingerprint density at radius 2 is 1.97 bits per heavy atom. The normalized spacial score (nSPS) is 20.9. The lowest BCUT2D eigenvalue weighted by molar-refractivity contribution is -0.116. The molecule has 2 unspecified atom stereocenters. The van der Waals surface area contributed by atoms with E-state index in [9.17, 15) is 9.59 Å². The van der Waals surface area contributed by atoms with Gasteiger partial charge in [0.05, 0.1) is 24.0 Å². The summed E-state index contributed by atoms with van der Waals surface area (Å²) < 4.78 is 10.9. The van der Waals surface area contributed by atoms with Crippen molar-refractivity contribution in [1.82, 2.24) is 5.32 Å². The Labute approximate surface area is 166 Å². The van der Waals surface area contributed by atoms with Crippen LogP contribution in [-0.2, 0) is 4.79 Å². The molecule has 29 heavy (non-hydrogen) atoms. The Kier molecular flexibility index (Phi) is 4.13. The first kappa shape index (κ1) is 17.6. The number of nitrogens with one attached hydrogen (secondary N) is 2. The number of hydrogen-bond donors (Lipinski definition) is 3. The van der Waals surface area contributed by atoms with Gasteiger partial charge in [0.15, 0.2) is 11.5 Å². The summed E-state index contributed by atoms with van der Waals surface area (Å²) in [6.45, 7) is 0.246. The summed E-state index contributed by atoms with van der Waals surface area (Å²) in [4.78, 5) is 26.9. The molecule has 3 aliphatic rings. The molecule has 0 saturated carbocycles. The Hall–Kier alpha value is -3.52. The maximum atomic E-state index is 12.7. The van der Waals surface area contributed by atoms with Crippen molar-refractivity contribution in [1.29, 1.82) is 0 Å². The number of carbonyl (C=O) groups is 2. The molecule has 2 amide bonds. The Morgan fingerprint density at radius 1 is 1.14 bits per heavy atom. The number of aliphatic hydroxyl groups excluding tert-OH is 1.